The zero-order valence-corrected chi connectivity index (χ0v) is 9.70. The fourth-order valence-corrected chi connectivity index (χ4v) is 2.12. The van der Waals surface area contributed by atoms with E-state index in [1.165, 1.54) is 0 Å². The number of rotatable bonds is 4. The first-order valence-electron chi connectivity index (χ1n) is 5.54. The molecule has 0 aliphatic rings. The summed E-state index contributed by atoms with van der Waals surface area (Å²) in [7, 11) is 0. The Morgan fingerprint density at radius 2 is 1.60 bits per heavy atom. The largest absolute Gasteiger partial charge is 0.508 e. The average Bonchev–Trinajstić information content (AvgIpc) is 2.19. The summed E-state index contributed by atoms with van der Waals surface area (Å²) in [5.41, 5.74) is 0.0611. The Labute approximate surface area is 91.6 Å². The summed E-state index contributed by atoms with van der Waals surface area (Å²) >= 11 is 0. The summed E-state index contributed by atoms with van der Waals surface area (Å²) in [5, 5.41) is 19.6. The maximum absolute atomic E-state index is 10.5. The first-order valence-corrected chi connectivity index (χ1v) is 5.54. The summed E-state index contributed by atoms with van der Waals surface area (Å²) < 4.78 is 0. The van der Waals surface area contributed by atoms with E-state index in [4.69, 9.17) is 0 Å². The number of benzene rings is 1. The minimum Gasteiger partial charge on any atom is -0.508 e. The Morgan fingerprint density at radius 1 is 1.13 bits per heavy atom. The smallest absolute Gasteiger partial charge is 0.115 e. The van der Waals surface area contributed by atoms with Gasteiger partial charge in [-0.2, -0.15) is 0 Å². The van der Waals surface area contributed by atoms with E-state index in [2.05, 4.69) is 13.8 Å². The minimum atomic E-state index is -0.808. The third-order valence-electron chi connectivity index (χ3n) is 3.23. The fraction of sp³-hybridized carbons (Fsp3) is 0.538. The Morgan fingerprint density at radius 3 is 2.00 bits per heavy atom. The predicted octanol–water partition coefficient (Wildman–Crippen LogP) is 3.04. The summed E-state index contributed by atoms with van der Waals surface area (Å²) in [6.45, 7) is 6.02. The van der Waals surface area contributed by atoms with Crippen LogP contribution >= 0.6 is 0 Å². The molecule has 1 unspecified atom stereocenters. The van der Waals surface area contributed by atoms with E-state index in [-0.39, 0.29) is 11.7 Å². The van der Waals surface area contributed by atoms with E-state index >= 15 is 0 Å². The Hall–Kier alpha value is -1.02. The third kappa shape index (κ3) is 2.51. The van der Waals surface area contributed by atoms with Gasteiger partial charge in [0.05, 0.1) is 5.60 Å². The lowest BCUT2D eigenvalue weighted by atomic mass is 9.80. The van der Waals surface area contributed by atoms with Crippen LogP contribution in [0.1, 0.15) is 39.2 Å². The highest BCUT2D eigenvalue weighted by molar-refractivity contribution is 5.29. The maximum Gasteiger partial charge on any atom is 0.115 e. The molecule has 0 bridgehead atoms. The number of hydrogen-bond donors (Lipinski definition) is 2. The van der Waals surface area contributed by atoms with Crippen LogP contribution in [0.2, 0.25) is 0 Å². The average molecular weight is 208 g/mol. The van der Waals surface area contributed by atoms with Gasteiger partial charge in [0.15, 0.2) is 0 Å². The van der Waals surface area contributed by atoms with Crippen molar-refractivity contribution in [2.75, 3.05) is 0 Å². The lowest BCUT2D eigenvalue weighted by Crippen LogP contribution is -2.30. The highest BCUT2D eigenvalue weighted by atomic mass is 16.3. The Kier molecular flexibility index (Phi) is 3.75. The topological polar surface area (TPSA) is 40.5 Å². The zero-order valence-electron chi connectivity index (χ0n) is 9.70. The van der Waals surface area contributed by atoms with E-state index in [1.807, 2.05) is 6.92 Å². The molecule has 0 amide bonds. The monoisotopic (exact) mass is 208 g/mol. The molecule has 2 N–H and O–H groups in total. The lowest BCUT2D eigenvalue weighted by Gasteiger charge is -2.32. The van der Waals surface area contributed by atoms with E-state index < -0.39 is 5.60 Å². The van der Waals surface area contributed by atoms with Crippen molar-refractivity contribution in [3.8, 4) is 5.75 Å². The van der Waals surface area contributed by atoms with Gasteiger partial charge in [-0.3, -0.25) is 0 Å². The van der Waals surface area contributed by atoms with Gasteiger partial charge >= 0.3 is 0 Å². The zero-order chi connectivity index (χ0) is 11.5. The van der Waals surface area contributed by atoms with Gasteiger partial charge < -0.3 is 10.2 Å². The molecule has 0 heterocycles. The Bertz CT molecular complexity index is 297. The van der Waals surface area contributed by atoms with Crippen LogP contribution in [0.5, 0.6) is 5.75 Å². The van der Waals surface area contributed by atoms with Crippen LogP contribution in [0, 0.1) is 5.92 Å². The molecule has 0 aliphatic heterocycles. The second-order valence-electron chi connectivity index (χ2n) is 4.21. The van der Waals surface area contributed by atoms with Crippen molar-refractivity contribution >= 4 is 0 Å². The number of hydrogen-bond acceptors (Lipinski definition) is 2. The predicted molar refractivity (Wildman–Crippen MR) is 61.7 cm³/mol. The number of phenols is 1. The SMILES string of the molecule is CCC(CC)C(C)(O)c1ccc(O)cc1. The van der Waals surface area contributed by atoms with Crippen LogP contribution in [-0.4, -0.2) is 10.2 Å². The van der Waals surface area contributed by atoms with Gasteiger partial charge in [0.25, 0.3) is 0 Å². The van der Waals surface area contributed by atoms with Crippen molar-refractivity contribution in [2.24, 2.45) is 5.92 Å². The number of aromatic hydroxyl groups is 1. The molecular formula is C13H20O2. The lowest BCUT2D eigenvalue weighted by molar-refractivity contribution is -0.00951. The van der Waals surface area contributed by atoms with Gasteiger partial charge in [0.2, 0.25) is 0 Å². The molecule has 0 fully saturated rings. The van der Waals surface area contributed by atoms with Crippen molar-refractivity contribution in [1.29, 1.82) is 0 Å². The molecule has 1 aromatic rings. The standard InChI is InChI=1S/C13H20O2/c1-4-10(5-2)13(3,15)11-6-8-12(14)9-7-11/h6-10,14-15H,4-5H2,1-3H3. The maximum atomic E-state index is 10.5. The summed E-state index contributed by atoms with van der Waals surface area (Å²) in [6.07, 6.45) is 1.90. The molecule has 84 valence electrons. The van der Waals surface area contributed by atoms with Crippen molar-refractivity contribution < 1.29 is 10.2 Å². The van der Waals surface area contributed by atoms with Crippen molar-refractivity contribution in [3.63, 3.8) is 0 Å². The molecule has 1 aromatic carbocycles. The second kappa shape index (κ2) is 4.67. The highest BCUT2D eigenvalue weighted by Crippen LogP contribution is 2.34. The van der Waals surface area contributed by atoms with Crippen LogP contribution in [0.4, 0.5) is 0 Å². The molecule has 0 radical (unpaired) electrons. The van der Waals surface area contributed by atoms with Gasteiger partial charge in [-0.15, -0.1) is 0 Å². The van der Waals surface area contributed by atoms with Crippen LogP contribution in [-0.2, 0) is 5.60 Å². The van der Waals surface area contributed by atoms with Crippen LogP contribution in [0.3, 0.4) is 0 Å². The third-order valence-corrected chi connectivity index (χ3v) is 3.23. The minimum absolute atomic E-state index is 0.235. The van der Waals surface area contributed by atoms with Crippen molar-refractivity contribution in [1.82, 2.24) is 0 Å². The molecule has 0 aliphatic carbocycles. The van der Waals surface area contributed by atoms with E-state index in [1.54, 1.807) is 24.3 Å². The molecule has 1 rings (SSSR count). The Balaban J connectivity index is 2.98. The van der Waals surface area contributed by atoms with Gasteiger partial charge in [-0.1, -0.05) is 38.8 Å². The molecule has 2 nitrogen and oxygen atoms in total. The van der Waals surface area contributed by atoms with E-state index in [9.17, 15) is 10.2 Å². The second-order valence-corrected chi connectivity index (χ2v) is 4.21. The number of phenolic OH excluding ortho intramolecular Hbond substituents is 1. The summed E-state index contributed by atoms with van der Waals surface area (Å²) in [5.74, 6) is 0.487. The molecule has 0 aromatic heterocycles. The summed E-state index contributed by atoms with van der Waals surface area (Å²) in [6, 6.07) is 6.81. The van der Waals surface area contributed by atoms with E-state index in [0.717, 1.165) is 18.4 Å². The molecule has 0 saturated carbocycles. The fourth-order valence-electron chi connectivity index (χ4n) is 2.12. The normalized spacial score (nSPS) is 15.3. The van der Waals surface area contributed by atoms with Gasteiger partial charge in [0, 0.05) is 0 Å². The van der Waals surface area contributed by atoms with Crippen LogP contribution in [0.15, 0.2) is 24.3 Å². The first-order chi connectivity index (χ1) is 7.02. The van der Waals surface area contributed by atoms with Crippen molar-refractivity contribution in [3.05, 3.63) is 29.8 Å². The van der Waals surface area contributed by atoms with Gasteiger partial charge in [-0.25, -0.2) is 0 Å². The van der Waals surface area contributed by atoms with Crippen LogP contribution < -0.4 is 0 Å². The molecule has 0 saturated heterocycles. The van der Waals surface area contributed by atoms with E-state index in [0.29, 0.717) is 0 Å². The molecule has 1 atom stereocenters. The van der Waals surface area contributed by atoms with Crippen molar-refractivity contribution in [2.45, 2.75) is 39.2 Å². The quantitative estimate of drug-likeness (QED) is 0.798. The first kappa shape index (κ1) is 12.1. The van der Waals surface area contributed by atoms with Gasteiger partial charge in [-0.05, 0) is 30.5 Å². The molecule has 2 heteroatoms. The van der Waals surface area contributed by atoms with Crippen LogP contribution in [0.25, 0.3) is 0 Å². The van der Waals surface area contributed by atoms with Gasteiger partial charge in [0.1, 0.15) is 5.75 Å². The molecular weight excluding hydrogens is 188 g/mol. The highest BCUT2D eigenvalue weighted by Gasteiger charge is 2.30. The summed E-state index contributed by atoms with van der Waals surface area (Å²) in [4.78, 5) is 0. The number of aliphatic hydroxyl groups is 1. The molecule has 15 heavy (non-hydrogen) atoms. The molecule has 0 spiro atoms.